The first-order valence-electron chi connectivity index (χ1n) is 3.54. The smallest absolute Gasteiger partial charge is 0.118 e. The Morgan fingerprint density at radius 3 is 2.67 bits per heavy atom. The van der Waals surface area contributed by atoms with Crippen LogP contribution in [0.4, 0.5) is 11.4 Å². The molecule has 2 rings (SSSR count). The topological polar surface area (TPSA) is 77.8 Å². The van der Waals surface area contributed by atoms with E-state index < -0.39 is 0 Å². The number of nitrogen functional groups attached to an aromatic ring is 2. The van der Waals surface area contributed by atoms with Crippen LogP contribution in [0.15, 0.2) is 24.4 Å². The Balaban J connectivity index is 2.94. The summed E-state index contributed by atoms with van der Waals surface area (Å²) in [5, 5.41) is 8.46. The number of fused-ring (bicyclic) bond motifs is 1. The molecule has 0 aliphatic heterocycles. The lowest BCUT2D eigenvalue weighted by Crippen LogP contribution is -1.95. The zero-order chi connectivity index (χ0) is 8.55. The molecule has 1 aromatic heterocycles. The number of anilines is 2. The molecule has 0 atom stereocenters. The van der Waals surface area contributed by atoms with Gasteiger partial charge in [-0.3, -0.25) is 0 Å². The van der Waals surface area contributed by atoms with Crippen LogP contribution >= 0.6 is 0 Å². The predicted octanol–water partition coefficient (Wildman–Crippen LogP) is 0.794. The second-order valence-electron chi connectivity index (χ2n) is 2.54. The molecule has 2 aromatic rings. The quantitative estimate of drug-likeness (QED) is 0.558. The molecular weight excluding hydrogens is 152 g/mol. The third kappa shape index (κ3) is 0.852. The highest BCUT2D eigenvalue weighted by atomic mass is 15.1. The van der Waals surface area contributed by atoms with E-state index in [4.69, 9.17) is 11.5 Å². The highest BCUT2D eigenvalue weighted by Crippen LogP contribution is 2.21. The Hall–Kier alpha value is -1.84. The van der Waals surface area contributed by atoms with E-state index in [1.807, 2.05) is 12.1 Å². The minimum absolute atomic E-state index is 0.604. The molecule has 0 bridgehead atoms. The molecule has 0 saturated carbocycles. The summed E-state index contributed by atoms with van der Waals surface area (Å²) in [6.45, 7) is 0. The summed E-state index contributed by atoms with van der Waals surface area (Å²) in [6.07, 6.45) is 1.52. The van der Waals surface area contributed by atoms with Crippen molar-refractivity contribution in [1.82, 2.24) is 10.2 Å². The van der Waals surface area contributed by atoms with Gasteiger partial charge in [-0.2, -0.15) is 5.10 Å². The average Bonchev–Trinajstić information content (AvgIpc) is 2.07. The number of hydrogen-bond donors (Lipinski definition) is 2. The molecule has 1 aromatic carbocycles. The van der Waals surface area contributed by atoms with Crippen molar-refractivity contribution in [2.45, 2.75) is 0 Å². The largest absolute Gasteiger partial charge is 0.397 e. The third-order valence-electron chi connectivity index (χ3n) is 1.73. The number of aromatic nitrogens is 2. The molecule has 0 fully saturated rings. The van der Waals surface area contributed by atoms with E-state index in [1.54, 1.807) is 6.07 Å². The Morgan fingerprint density at radius 1 is 1.08 bits per heavy atom. The van der Waals surface area contributed by atoms with Crippen molar-refractivity contribution in [2.24, 2.45) is 0 Å². The highest BCUT2D eigenvalue weighted by Gasteiger charge is 2.00. The van der Waals surface area contributed by atoms with Crippen LogP contribution in [-0.2, 0) is 0 Å². The van der Waals surface area contributed by atoms with Crippen LogP contribution in [0.1, 0.15) is 0 Å². The van der Waals surface area contributed by atoms with Gasteiger partial charge in [-0.25, -0.2) is 0 Å². The average molecular weight is 160 g/mol. The van der Waals surface area contributed by atoms with Gasteiger partial charge in [0.05, 0.1) is 17.6 Å². The van der Waals surface area contributed by atoms with Crippen molar-refractivity contribution < 1.29 is 0 Å². The molecule has 12 heavy (non-hydrogen) atoms. The van der Waals surface area contributed by atoms with Crippen LogP contribution in [-0.4, -0.2) is 10.2 Å². The molecular formula is C8H8N4. The van der Waals surface area contributed by atoms with Crippen LogP contribution in [0.25, 0.3) is 10.9 Å². The molecule has 1 heterocycles. The van der Waals surface area contributed by atoms with E-state index in [2.05, 4.69) is 10.2 Å². The molecule has 0 saturated heterocycles. The van der Waals surface area contributed by atoms with Gasteiger partial charge in [0.15, 0.2) is 0 Å². The Labute approximate surface area is 69.2 Å². The van der Waals surface area contributed by atoms with Gasteiger partial charge in [0.2, 0.25) is 0 Å². The molecule has 4 nitrogen and oxygen atoms in total. The lowest BCUT2D eigenvalue weighted by molar-refractivity contribution is 1.08. The normalized spacial score (nSPS) is 10.3. The summed E-state index contributed by atoms with van der Waals surface area (Å²) >= 11 is 0. The van der Waals surface area contributed by atoms with Crippen LogP contribution < -0.4 is 11.5 Å². The number of hydrogen-bond acceptors (Lipinski definition) is 4. The molecule has 4 heteroatoms. The van der Waals surface area contributed by atoms with Crippen LogP contribution in [0, 0.1) is 0 Å². The first-order chi connectivity index (χ1) is 5.79. The summed E-state index contributed by atoms with van der Waals surface area (Å²) in [5.74, 6) is 0. The van der Waals surface area contributed by atoms with Gasteiger partial charge in [0, 0.05) is 5.39 Å². The Kier molecular flexibility index (Phi) is 1.33. The molecule has 0 radical (unpaired) electrons. The fourth-order valence-corrected chi connectivity index (χ4v) is 1.12. The first kappa shape index (κ1) is 6.84. The van der Waals surface area contributed by atoms with Crippen molar-refractivity contribution in [3.8, 4) is 0 Å². The number of rotatable bonds is 0. The summed E-state index contributed by atoms with van der Waals surface area (Å²) < 4.78 is 0. The standard InChI is InChI=1S/C8H8N4/c9-6-3-1-2-5-7(10)4-11-12-8(5)6/h1-4H,9H2,(H2,10,12). The number of benzene rings is 1. The van der Waals surface area contributed by atoms with E-state index in [1.165, 1.54) is 6.20 Å². The second kappa shape index (κ2) is 2.34. The maximum atomic E-state index is 5.67. The maximum Gasteiger partial charge on any atom is 0.118 e. The fourth-order valence-electron chi connectivity index (χ4n) is 1.12. The zero-order valence-corrected chi connectivity index (χ0v) is 6.36. The van der Waals surface area contributed by atoms with Crippen molar-refractivity contribution in [1.29, 1.82) is 0 Å². The molecule has 0 aliphatic carbocycles. The summed E-state index contributed by atoms with van der Waals surface area (Å²) in [4.78, 5) is 0. The second-order valence-corrected chi connectivity index (χ2v) is 2.54. The lowest BCUT2D eigenvalue weighted by Gasteiger charge is -2.00. The minimum Gasteiger partial charge on any atom is -0.397 e. The zero-order valence-electron chi connectivity index (χ0n) is 6.36. The molecule has 0 spiro atoms. The first-order valence-corrected chi connectivity index (χ1v) is 3.54. The van der Waals surface area contributed by atoms with E-state index in [0.717, 1.165) is 5.39 Å². The predicted molar refractivity (Wildman–Crippen MR) is 48.4 cm³/mol. The van der Waals surface area contributed by atoms with Crippen molar-refractivity contribution >= 4 is 22.3 Å². The maximum absolute atomic E-state index is 5.67. The molecule has 4 N–H and O–H groups in total. The van der Waals surface area contributed by atoms with Crippen molar-refractivity contribution in [2.75, 3.05) is 11.5 Å². The van der Waals surface area contributed by atoms with Gasteiger partial charge in [-0.05, 0) is 6.07 Å². The van der Waals surface area contributed by atoms with Gasteiger partial charge in [0.1, 0.15) is 5.52 Å². The summed E-state index contributed by atoms with van der Waals surface area (Å²) in [5.41, 5.74) is 13.2. The molecule has 0 unspecified atom stereocenters. The highest BCUT2D eigenvalue weighted by molar-refractivity contribution is 5.96. The lowest BCUT2D eigenvalue weighted by atomic mass is 10.2. The SMILES string of the molecule is Nc1cnnc2c(N)cccc12. The van der Waals surface area contributed by atoms with Crippen molar-refractivity contribution in [3.05, 3.63) is 24.4 Å². The number of nitrogens with zero attached hydrogens (tertiary/aromatic N) is 2. The van der Waals surface area contributed by atoms with Crippen LogP contribution in [0.3, 0.4) is 0 Å². The van der Waals surface area contributed by atoms with Crippen LogP contribution in [0.5, 0.6) is 0 Å². The van der Waals surface area contributed by atoms with Gasteiger partial charge in [-0.1, -0.05) is 12.1 Å². The van der Waals surface area contributed by atoms with Gasteiger partial charge in [0.25, 0.3) is 0 Å². The minimum atomic E-state index is 0.604. The number of nitrogens with two attached hydrogens (primary N) is 2. The monoisotopic (exact) mass is 160 g/mol. The summed E-state index contributed by atoms with van der Waals surface area (Å²) in [7, 11) is 0. The van der Waals surface area contributed by atoms with Gasteiger partial charge in [-0.15, -0.1) is 5.10 Å². The summed E-state index contributed by atoms with van der Waals surface area (Å²) in [6, 6.07) is 5.49. The van der Waals surface area contributed by atoms with E-state index in [0.29, 0.717) is 16.9 Å². The Bertz CT molecular complexity index is 383. The molecule has 0 aliphatic rings. The third-order valence-corrected chi connectivity index (χ3v) is 1.73. The fraction of sp³-hybridized carbons (Fsp3) is 0. The van der Waals surface area contributed by atoms with E-state index in [-0.39, 0.29) is 0 Å². The Morgan fingerprint density at radius 2 is 1.92 bits per heavy atom. The van der Waals surface area contributed by atoms with Gasteiger partial charge < -0.3 is 11.5 Å². The molecule has 60 valence electrons. The van der Waals surface area contributed by atoms with E-state index in [9.17, 15) is 0 Å². The van der Waals surface area contributed by atoms with Gasteiger partial charge >= 0.3 is 0 Å². The van der Waals surface area contributed by atoms with Crippen molar-refractivity contribution in [3.63, 3.8) is 0 Å². The molecule has 0 amide bonds. The van der Waals surface area contributed by atoms with Crippen LogP contribution in [0.2, 0.25) is 0 Å². The van der Waals surface area contributed by atoms with E-state index >= 15 is 0 Å².